The minimum Gasteiger partial charge on any atom is -0.298 e. The predicted molar refractivity (Wildman–Crippen MR) is 63.0 cm³/mol. The average Bonchev–Trinajstić information content (AvgIpc) is 2.51. The van der Waals surface area contributed by atoms with Gasteiger partial charge in [0, 0.05) is 18.7 Å². The summed E-state index contributed by atoms with van der Waals surface area (Å²) in [7, 11) is 1.72. The third-order valence-corrected chi connectivity index (χ3v) is 2.77. The van der Waals surface area contributed by atoms with Gasteiger partial charge in [-0.1, -0.05) is 0 Å². The van der Waals surface area contributed by atoms with Crippen LogP contribution in [0.1, 0.15) is 30.2 Å². The van der Waals surface area contributed by atoms with Gasteiger partial charge in [0.05, 0.1) is 11.0 Å². The van der Waals surface area contributed by atoms with Gasteiger partial charge < -0.3 is 0 Å². The Kier molecular flexibility index (Phi) is 2.42. The molecule has 0 saturated heterocycles. The predicted octanol–water partition coefficient (Wildman–Crippen LogP) is 1.73. The number of carbonyl (C=O) groups excluding carboxylic acids is 1. The van der Waals surface area contributed by atoms with Crippen LogP contribution in [0.2, 0.25) is 0 Å². The SMILES string of the molecule is CC(C)n1c(=O)n(C)c2cc(C=O)ccc21. The summed E-state index contributed by atoms with van der Waals surface area (Å²) in [4.78, 5) is 22.7. The van der Waals surface area contributed by atoms with Crippen LogP contribution in [0.25, 0.3) is 11.0 Å². The maximum absolute atomic E-state index is 12.0. The molecule has 0 aliphatic heterocycles. The van der Waals surface area contributed by atoms with Crippen molar-refractivity contribution in [1.82, 2.24) is 9.13 Å². The molecule has 1 aromatic carbocycles. The number of aryl methyl sites for hydroxylation is 1. The highest BCUT2D eigenvalue weighted by Crippen LogP contribution is 2.17. The standard InChI is InChI=1S/C12H14N2O2/c1-8(2)14-10-5-4-9(7-15)6-11(10)13(3)12(14)16/h4-8H,1-3H3. The molecule has 0 aliphatic rings. The van der Waals surface area contributed by atoms with Crippen LogP contribution in [-0.4, -0.2) is 15.4 Å². The van der Waals surface area contributed by atoms with Crippen molar-refractivity contribution in [3.63, 3.8) is 0 Å². The number of fused-ring (bicyclic) bond motifs is 1. The molecule has 0 amide bonds. The highest BCUT2D eigenvalue weighted by atomic mass is 16.1. The molecule has 0 N–H and O–H groups in total. The summed E-state index contributed by atoms with van der Waals surface area (Å²) in [6.07, 6.45) is 0.788. The highest BCUT2D eigenvalue weighted by molar-refractivity contribution is 5.85. The van der Waals surface area contributed by atoms with Crippen molar-refractivity contribution in [2.24, 2.45) is 7.05 Å². The van der Waals surface area contributed by atoms with Gasteiger partial charge in [-0.15, -0.1) is 0 Å². The lowest BCUT2D eigenvalue weighted by Gasteiger charge is -2.06. The van der Waals surface area contributed by atoms with Crippen molar-refractivity contribution >= 4 is 17.3 Å². The molecule has 0 unspecified atom stereocenters. The Bertz CT molecular complexity index is 605. The number of aromatic nitrogens is 2. The van der Waals surface area contributed by atoms with Crippen molar-refractivity contribution in [2.45, 2.75) is 19.9 Å². The zero-order valence-corrected chi connectivity index (χ0v) is 9.60. The molecule has 16 heavy (non-hydrogen) atoms. The molecule has 4 heteroatoms. The van der Waals surface area contributed by atoms with Gasteiger partial charge in [-0.2, -0.15) is 0 Å². The van der Waals surface area contributed by atoms with Crippen molar-refractivity contribution in [3.05, 3.63) is 34.2 Å². The number of nitrogens with zero attached hydrogens (tertiary/aromatic N) is 2. The van der Waals surface area contributed by atoms with Gasteiger partial charge in [0.1, 0.15) is 6.29 Å². The lowest BCUT2D eigenvalue weighted by Crippen LogP contribution is -2.23. The molecular formula is C12H14N2O2. The first-order chi connectivity index (χ1) is 7.56. The maximum atomic E-state index is 12.0. The number of carbonyl (C=O) groups is 1. The number of hydrogen-bond acceptors (Lipinski definition) is 2. The number of hydrogen-bond donors (Lipinski definition) is 0. The molecule has 0 atom stereocenters. The van der Waals surface area contributed by atoms with E-state index in [1.54, 1.807) is 28.3 Å². The van der Waals surface area contributed by atoms with Gasteiger partial charge in [0.2, 0.25) is 0 Å². The Morgan fingerprint density at radius 3 is 2.50 bits per heavy atom. The Hall–Kier alpha value is -1.84. The van der Waals surface area contributed by atoms with Crippen molar-refractivity contribution in [2.75, 3.05) is 0 Å². The second-order valence-electron chi connectivity index (χ2n) is 4.17. The van der Waals surface area contributed by atoms with E-state index in [-0.39, 0.29) is 11.7 Å². The van der Waals surface area contributed by atoms with Gasteiger partial charge in [0.25, 0.3) is 0 Å². The van der Waals surface area contributed by atoms with Crippen LogP contribution in [-0.2, 0) is 7.05 Å². The van der Waals surface area contributed by atoms with E-state index in [1.165, 1.54) is 0 Å². The monoisotopic (exact) mass is 218 g/mol. The number of rotatable bonds is 2. The Morgan fingerprint density at radius 2 is 1.94 bits per heavy atom. The number of imidazole rings is 1. The van der Waals surface area contributed by atoms with Crippen molar-refractivity contribution < 1.29 is 4.79 Å². The van der Waals surface area contributed by atoms with E-state index in [4.69, 9.17) is 0 Å². The van der Waals surface area contributed by atoms with Crippen LogP contribution in [0.4, 0.5) is 0 Å². The van der Waals surface area contributed by atoms with Crippen molar-refractivity contribution in [3.8, 4) is 0 Å². The van der Waals surface area contributed by atoms with Crippen LogP contribution in [0.5, 0.6) is 0 Å². The molecule has 84 valence electrons. The van der Waals surface area contributed by atoms with Gasteiger partial charge in [0.15, 0.2) is 0 Å². The van der Waals surface area contributed by atoms with Crippen LogP contribution >= 0.6 is 0 Å². The normalized spacial score (nSPS) is 11.2. The Morgan fingerprint density at radius 1 is 1.25 bits per heavy atom. The molecule has 0 bridgehead atoms. The number of benzene rings is 1. The minimum absolute atomic E-state index is 0.0481. The van der Waals surface area contributed by atoms with Gasteiger partial charge in [-0.25, -0.2) is 4.79 Å². The van der Waals surface area contributed by atoms with E-state index in [0.717, 1.165) is 17.3 Å². The quantitative estimate of drug-likeness (QED) is 0.720. The molecule has 0 aliphatic carbocycles. The highest BCUT2D eigenvalue weighted by Gasteiger charge is 2.12. The topological polar surface area (TPSA) is 44.0 Å². The first-order valence-corrected chi connectivity index (χ1v) is 5.22. The minimum atomic E-state index is -0.0481. The van der Waals surface area contributed by atoms with E-state index in [9.17, 15) is 9.59 Å². The van der Waals surface area contributed by atoms with E-state index < -0.39 is 0 Å². The number of aldehydes is 1. The maximum Gasteiger partial charge on any atom is 0.329 e. The van der Waals surface area contributed by atoms with Gasteiger partial charge in [-0.3, -0.25) is 13.9 Å². The lowest BCUT2D eigenvalue weighted by molar-refractivity contribution is 0.112. The average molecular weight is 218 g/mol. The molecule has 2 aromatic rings. The molecule has 0 fully saturated rings. The fourth-order valence-corrected chi connectivity index (χ4v) is 1.95. The van der Waals surface area contributed by atoms with E-state index in [1.807, 2.05) is 19.9 Å². The molecular weight excluding hydrogens is 204 g/mol. The van der Waals surface area contributed by atoms with Crippen LogP contribution in [0.15, 0.2) is 23.0 Å². The molecule has 0 spiro atoms. The first-order valence-electron chi connectivity index (χ1n) is 5.22. The zero-order valence-electron chi connectivity index (χ0n) is 9.60. The van der Waals surface area contributed by atoms with Gasteiger partial charge in [-0.05, 0) is 32.0 Å². The van der Waals surface area contributed by atoms with Gasteiger partial charge >= 0.3 is 5.69 Å². The molecule has 0 saturated carbocycles. The van der Waals surface area contributed by atoms with E-state index >= 15 is 0 Å². The summed E-state index contributed by atoms with van der Waals surface area (Å²) < 4.78 is 3.30. The third kappa shape index (κ3) is 1.38. The van der Waals surface area contributed by atoms with Crippen LogP contribution in [0.3, 0.4) is 0 Å². The smallest absolute Gasteiger partial charge is 0.298 e. The van der Waals surface area contributed by atoms with E-state index in [2.05, 4.69) is 0 Å². The largest absolute Gasteiger partial charge is 0.329 e. The summed E-state index contributed by atoms with van der Waals surface area (Å²) >= 11 is 0. The molecule has 0 radical (unpaired) electrons. The molecule has 1 aromatic heterocycles. The lowest BCUT2D eigenvalue weighted by atomic mass is 10.2. The summed E-state index contributed by atoms with van der Waals surface area (Å²) in [6.45, 7) is 3.93. The van der Waals surface area contributed by atoms with E-state index in [0.29, 0.717) is 5.56 Å². The first kappa shape index (κ1) is 10.7. The van der Waals surface area contributed by atoms with Crippen LogP contribution < -0.4 is 5.69 Å². The fraction of sp³-hybridized carbons (Fsp3) is 0.333. The Balaban J connectivity index is 2.90. The second kappa shape index (κ2) is 3.63. The second-order valence-corrected chi connectivity index (χ2v) is 4.17. The summed E-state index contributed by atoms with van der Waals surface area (Å²) in [5.41, 5.74) is 2.20. The summed E-state index contributed by atoms with van der Waals surface area (Å²) in [5, 5.41) is 0. The fourth-order valence-electron chi connectivity index (χ4n) is 1.95. The van der Waals surface area contributed by atoms with Crippen molar-refractivity contribution in [1.29, 1.82) is 0 Å². The molecule has 4 nitrogen and oxygen atoms in total. The Labute approximate surface area is 93.1 Å². The van der Waals surface area contributed by atoms with Crippen LogP contribution in [0, 0.1) is 0 Å². The summed E-state index contributed by atoms with van der Waals surface area (Å²) in [6, 6.07) is 5.40. The zero-order chi connectivity index (χ0) is 11.9. The molecule has 1 heterocycles. The third-order valence-electron chi connectivity index (χ3n) is 2.77. The summed E-state index contributed by atoms with van der Waals surface area (Å²) in [5.74, 6) is 0. The molecule has 2 rings (SSSR count).